The summed E-state index contributed by atoms with van der Waals surface area (Å²) in [5.74, 6) is 0.452. The van der Waals surface area contributed by atoms with Gasteiger partial charge in [0.25, 0.3) is 5.91 Å². The second-order valence-electron chi connectivity index (χ2n) is 7.55. The molecule has 0 saturated carbocycles. The summed E-state index contributed by atoms with van der Waals surface area (Å²) in [6.07, 6.45) is 3.40. The van der Waals surface area contributed by atoms with Crippen molar-refractivity contribution in [3.05, 3.63) is 60.4 Å². The average Bonchev–Trinajstić information content (AvgIpc) is 3.34. The van der Waals surface area contributed by atoms with Gasteiger partial charge in [-0.15, -0.1) is 0 Å². The highest BCUT2D eigenvalue weighted by molar-refractivity contribution is 6.12. The van der Waals surface area contributed by atoms with Crippen LogP contribution in [0.1, 0.15) is 50.1 Å². The van der Waals surface area contributed by atoms with Crippen LogP contribution < -0.4 is 5.32 Å². The fourth-order valence-corrected chi connectivity index (χ4v) is 3.35. The van der Waals surface area contributed by atoms with Crippen molar-refractivity contribution in [3.63, 3.8) is 0 Å². The second-order valence-corrected chi connectivity index (χ2v) is 7.55. The maximum absolute atomic E-state index is 13.2. The molecule has 0 spiro atoms. The number of benzene rings is 1. The third-order valence-electron chi connectivity index (χ3n) is 4.77. The molecular formula is C22H24N6O. The van der Waals surface area contributed by atoms with E-state index in [1.165, 1.54) is 0 Å². The highest BCUT2D eigenvalue weighted by Gasteiger charge is 2.20. The molecule has 0 aliphatic rings. The summed E-state index contributed by atoms with van der Waals surface area (Å²) in [6, 6.07) is 13.7. The first-order chi connectivity index (χ1) is 14.0. The van der Waals surface area contributed by atoms with Gasteiger partial charge in [0.05, 0.1) is 29.0 Å². The largest absolute Gasteiger partial charge is 0.307 e. The van der Waals surface area contributed by atoms with Crippen LogP contribution in [0.4, 0.5) is 5.82 Å². The summed E-state index contributed by atoms with van der Waals surface area (Å²) >= 11 is 0. The Morgan fingerprint density at radius 2 is 1.69 bits per heavy atom. The maximum Gasteiger partial charge on any atom is 0.257 e. The molecule has 0 aliphatic carbocycles. The summed E-state index contributed by atoms with van der Waals surface area (Å²) in [5, 5.41) is 12.5. The minimum atomic E-state index is -0.208. The van der Waals surface area contributed by atoms with Gasteiger partial charge < -0.3 is 5.32 Å². The first-order valence-corrected chi connectivity index (χ1v) is 9.74. The minimum absolute atomic E-state index is 0.129. The van der Waals surface area contributed by atoms with E-state index >= 15 is 0 Å². The SMILES string of the molecule is CC(C)n1nccc1NC(=O)c1cc(-c2ccccc2)nc2c1cnn2C(C)C. The summed E-state index contributed by atoms with van der Waals surface area (Å²) in [7, 11) is 0. The molecule has 29 heavy (non-hydrogen) atoms. The van der Waals surface area contributed by atoms with E-state index in [2.05, 4.69) is 15.5 Å². The first-order valence-electron chi connectivity index (χ1n) is 9.74. The Kier molecular flexibility index (Phi) is 4.88. The predicted molar refractivity (Wildman–Crippen MR) is 114 cm³/mol. The quantitative estimate of drug-likeness (QED) is 0.537. The van der Waals surface area contributed by atoms with Gasteiger partial charge in [0, 0.05) is 23.7 Å². The van der Waals surface area contributed by atoms with Crippen LogP contribution in [0.3, 0.4) is 0 Å². The Morgan fingerprint density at radius 1 is 0.966 bits per heavy atom. The minimum Gasteiger partial charge on any atom is -0.307 e. The van der Waals surface area contributed by atoms with Crippen molar-refractivity contribution in [1.82, 2.24) is 24.5 Å². The highest BCUT2D eigenvalue weighted by atomic mass is 16.1. The molecule has 4 rings (SSSR count). The number of aromatic nitrogens is 5. The molecule has 148 valence electrons. The molecule has 4 aromatic rings. The van der Waals surface area contributed by atoms with E-state index < -0.39 is 0 Å². The van der Waals surface area contributed by atoms with Crippen molar-refractivity contribution < 1.29 is 4.79 Å². The zero-order valence-corrected chi connectivity index (χ0v) is 17.0. The lowest BCUT2D eigenvalue weighted by molar-refractivity contribution is 0.102. The van der Waals surface area contributed by atoms with Gasteiger partial charge in [-0.25, -0.2) is 14.3 Å². The van der Waals surface area contributed by atoms with Crippen molar-refractivity contribution in [2.75, 3.05) is 5.32 Å². The summed E-state index contributed by atoms with van der Waals surface area (Å²) in [5.41, 5.74) is 2.93. The molecule has 0 fully saturated rings. The van der Waals surface area contributed by atoms with Gasteiger partial charge in [0.1, 0.15) is 5.82 Å². The van der Waals surface area contributed by atoms with E-state index in [4.69, 9.17) is 4.98 Å². The third kappa shape index (κ3) is 3.51. The molecule has 0 unspecified atom stereocenters. The molecule has 0 bridgehead atoms. The number of amides is 1. The molecule has 0 radical (unpaired) electrons. The van der Waals surface area contributed by atoms with Gasteiger partial charge in [-0.3, -0.25) is 4.79 Å². The van der Waals surface area contributed by atoms with Crippen LogP contribution in [-0.4, -0.2) is 30.5 Å². The van der Waals surface area contributed by atoms with Crippen LogP contribution >= 0.6 is 0 Å². The zero-order valence-electron chi connectivity index (χ0n) is 17.0. The van der Waals surface area contributed by atoms with Crippen LogP contribution in [0, 0.1) is 0 Å². The van der Waals surface area contributed by atoms with E-state index in [9.17, 15) is 4.79 Å². The van der Waals surface area contributed by atoms with E-state index in [-0.39, 0.29) is 18.0 Å². The zero-order chi connectivity index (χ0) is 20.5. The standard InChI is InChI=1S/C22H24N6O/c1-14(2)27-20(10-11-23-27)26-22(29)17-12-19(16-8-6-5-7-9-16)25-21-18(17)13-24-28(21)15(3)4/h5-15H,1-4H3,(H,26,29). The average molecular weight is 388 g/mol. The van der Waals surface area contributed by atoms with Gasteiger partial charge in [-0.1, -0.05) is 30.3 Å². The number of nitrogens with zero attached hydrogens (tertiary/aromatic N) is 5. The number of carbonyl (C=O) groups is 1. The van der Waals surface area contributed by atoms with E-state index in [1.54, 1.807) is 23.1 Å². The van der Waals surface area contributed by atoms with Crippen molar-refractivity contribution in [3.8, 4) is 11.3 Å². The fraction of sp³-hybridized carbons (Fsp3) is 0.273. The third-order valence-corrected chi connectivity index (χ3v) is 4.77. The number of fused-ring (bicyclic) bond motifs is 1. The van der Waals surface area contributed by atoms with Crippen molar-refractivity contribution >= 4 is 22.8 Å². The smallest absolute Gasteiger partial charge is 0.257 e. The molecule has 3 heterocycles. The Labute approximate surface area is 169 Å². The highest BCUT2D eigenvalue weighted by Crippen LogP contribution is 2.27. The number of hydrogen-bond donors (Lipinski definition) is 1. The van der Waals surface area contributed by atoms with Gasteiger partial charge in [-0.05, 0) is 33.8 Å². The number of carbonyl (C=O) groups excluding carboxylic acids is 1. The van der Waals surface area contributed by atoms with Crippen LogP contribution in [-0.2, 0) is 0 Å². The number of hydrogen-bond acceptors (Lipinski definition) is 4. The van der Waals surface area contributed by atoms with E-state index in [0.29, 0.717) is 17.0 Å². The number of pyridine rings is 1. The molecule has 7 heteroatoms. The lowest BCUT2D eigenvalue weighted by Crippen LogP contribution is -2.17. The summed E-state index contributed by atoms with van der Waals surface area (Å²) in [4.78, 5) is 18.1. The van der Waals surface area contributed by atoms with Crippen LogP contribution in [0.25, 0.3) is 22.3 Å². The Hall–Kier alpha value is -3.48. The molecule has 0 aliphatic heterocycles. The van der Waals surface area contributed by atoms with Gasteiger partial charge in [0.15, 0.2) is 5.65 Å². The summed E-state index contributed by atoms with van der Waals surface area (Å²) in [6.45, 7) is 8.13. The molecule has 7 nitrogen and oxygen atoms in total. The first kappa shape index (κ1) is 18.9. The molecule has 1 aromatic carbocycles. The van der Waals surface area contributed by atoms with Gasteiger partial charge in [-0.2, -0.15) is 10.2 Å². The Morgan fingerprint density at radius 3 is 2.38 bits per heavy atom. The van der Waals surface area contributed by atoms with Crippen LogP contribution in [0.2, 0.25) is 0 Å². The normalized spacial score (nSPS) is 11.5. The maximum atomic E-state index is 13.2. The number of rotatable bonds is 5. The lowest BCUT2D eigenvalue weighted by Gasteiger charge is -2.13. The van der Waals surface area contributed by atoms with Crippen LogP contribution in [0.15, 0.2) is 54.9 Å². The summed E-state index contributed by atoms with van der Waals surface area (Å²) < 4.78 is 3.63. The number of nitrogens with one attached hydrogen (secondary N) is 1. The predicted octanol–water partition coefficient (Wildman–Crippen LogP) is 4.71. The van der Waals surface area contributed by atoms with Gasteiger partial charge >= 0.3 is 0 Å². The fourth-order valence-electron chi connectivity index (χ4n) is 3.35. The van der Waals surface area contributed by atoms with E-state index in [1.807, 2.05) is 68.8 Å². The van der Waals surface area contributed by atoms with Crippen LogP contribution in [0.5, 0.6) is 0 Å². The Balaban J connectivity index is 1.84. The molecule has 1 N–H and O–H groups in total. The van der Waals surface area contributed by atoms with Crippen molar-refractivity contribution in [1.29, 1.82) is 0 Å². The molecule has 0 atom stereocenters. The van der Waals surface area contributed by atoms with Crippen molar-refractivity contribution in [2.45, 2.75) is 39.8 Å². The molecular weight excluding hydrogens is 364 g/mol. The Bertz CT molecular complexity index is 1160. The topological polar surface area (TPSA) is 77.6 Å². The molecule has 0 saturated heterocycles. The monoisotopic (exact) mass is 388 g/mol. The number of anilines is 1. The molecule has 1 amide bonds. The van der Waals surface area contributed by atoms with Crippen molar-refractivity contribution in [2.24, 2.45) is 0 Å². The van der Waals surface area contributed by atoms with Gasteiger partial charge in [0.2, 0.25) is 0 Å². The molecule has 3 aromatic heterocycles. The lowest BCUT2D eigenvalue weighted by atomic mass is 10.1. The van der Waals surface area contributed by atoms with E-state index in [0.717, 1.165) is 16.6 Å². The second kappa shape index (κ2) is 7.50.